The van der Waals surface area contributed by atoms with E-state index >= 15 is 0 Å². The van der Waals surface area contributed by atoms with Gasteiger partial charge in [0.05, 0.1) is 18.3 Å². The van der Waals surface area contributed by atoms with Crippen molar-refractivity contribution in [3.05, 3.63) is 53.9 Å². The summed E-state index contributed by atoms with van der Waals surface area (Å²) in [6.45, 7) is 6.53. The van der Waals surface area contributed by atoms with Crippen molar-refractivity contribution in [3.8, 4) is 0 Å². The van der Waals surface area contributed by atoms with Gasteiger partial charge in [-0.15, -0.1) is 0 Å². The summed E-state index contributed by atoms with van der Waals surface area (Å²) < 4.78 is 7.47. The van der Waals surface area contributed by atoms with Crippen molar-refractivity contribution in [2.24, 2.45) is 5.92 Å². The molecule has 2 aliphatic rings. The van der Waals surface area contributed by atoms with Gasteiger partial charge in [0.1, 0.15) is 11.2 Å². The zero-order chi connectivity index (χ0) is 21.8. The maximum atomic E-state index is 13.7. The van der Waals surface area contributed by atoms with Gasteiger partial charge in [0.15, 0.2) is 5.58 Å². The number of hydrogen-bond donors (Lipinski definition) is 1. The van der Waals surface area contributed by atoms with Crippen LogP contribution in [0.5, 0.6) is 0 Å². The molecule has 1 N–H and O–H groups in total. The number of anilines is 1. The van der Waals surface area contributed by atoms with Crippen LogP contribution < -0.4 is 10.2 Å². The number of carbonyl (C=O) groups is 2. The zero-order valence-electron chi connectivity index (χ0n) is 18.4. The molecular weight excluding hydrogens is 390 g/mol. The minimum Gasteiger partial charge on any atom is -0.463 e. The second-order valence-corrected chi connectivity index (χ2v) is 9.47. The summed E-state index contributed by atoms with van der Waals surface area (Å²) in [4.78, 5) is 29.1. The molecule has 6 nitrogen and oxygen atoms in total. The first-order valence-corrected chi connectivity index (χ1v) is 11.2. The molecule has 2 aromatic heterocycles. The fraction of sp³-hybridized carbons (Fsp3) is 0.440. The van der Waals surface area contributed by atoms with Crippen LogP contribution in [0, 0.1) is 12.8 Å². The van der Waals surface area contributed by atoms with Crippen molar-refractivity contribution in [3.63, 3.8) is 0 Å². The molecule has 2 amide bonds. The lowest BCUT2D eigenvalue weighted by molar-refractivity contribution is -0.127. The number of hydrogen-bond acceptors (Lipinski definition) is 3. The molecule has 31 heavy (non-hydrogen) atoms. The van der Waals surface area contributed by atoms with E-state index in [1.165, 1.54) is 0 Å². The van der Waals surface area contributed by atoms with E-state index in [9.17, 15) is 9.59 Å². The quantitative estimate of drug-likeness (QED) is 0.672. The maximum absolute atomic E-state index is 13.7. The largest absolute Gasteiger partial charge is 0.463 e. The fourth-order valence-electron chi connectivity index (χ4n) is 5.06. The van der Waals surface area contributed by atoms with Crippen molar-refractivity contribution in [2.45, 2.75) is 64.6 Å². The number of aromatic nitrogens is 1. The summed E-state index contributed by atoms with van der Waals surface area (Å²) in [6, 6.07) is 11.6. The number of nitrogens with one attached hydrogen (secondary N) is 1. The van der Waals surface area contributed by atoms with Crippen LogP contribution in [0.15, 0.2) is 47.1 Å². The van der Waals surface area contributed by atoms with Gasteiger partial charge in [-0.05, 0) is 57.6 Å². The third-order valence-corrected chi connectivity index (χ3v) is 7.04. The standard InChI is InChI=1S/C25H29N3O3/c1-16-4-8-18(9-5-16)26-24(30)25(3)15-27-20-12-13-31-22(20)14-21(27)23(29)28(25)19-10-6-17(2)7-11-19/h6-7,10-14,16,18H,4-5,8-9,15H2,1-3H3,(H,26,30)/t16?,18?,25-/m0/s1. The second kappa shape index (κ2) is 7.29. The number of nitrogens with zero attached hydrogens (tertiary/aromatic N) is 2. The molecule has 1 aromatic carbocycles. The molecule has 1 aliphatic carbocycles. The number of fused-ring (bicyclic) bond motifs is 3. The van der Waals surface area contributed by atoms with E-state index in [1.807, 2.05) is 48.7 Å². The Morgan fingerprint density at radius 3 is 2.55 bits per heavy atom. The van der Waals surface area contributed by atoms with Gasteiger partial charge < -0.3 is 14.3 Å². The Kier molecular flexibility index (Phi) is 4.68. The summed E-state index contributed by atoms with van der Waals surface area (Å²) in [5, 5.41) is 3.28. The third-order valence-electron chi connectivity index (χ3n) is 7.04. The van der Waals surface area contributed by atoms with Crippen molar-refractivity contribution in [1.82, 2.24) is 9.88 Å². The number of aryl methyl sites for hydroxylation is 1. The van der Waals surface area contributed by atoms with Gasteiger partial charge in [0.2, 0.25) is 5.91 Å². The topological polar surface area (TPSA) is 67.5 Å². The number of benzene rings is 1. The van der Waals surface area contributed by atoms with Crippen LogP contribution in [0.2, 0.25) is 0 Å². The summed E-state index contributed by atoms with van der Waals surface area (Å²) in [5.74, 6) is 0.425. The normalized spacial score (nSPS) is 26.2. The van der Waals surface area contributed by atoms with Crippen LogP contribution in [0.3, 0.4) is 0 Å². The average molecular weight is 420 g/mol. The van der Waals surface area contributed by atoms with E-state index in [4.69, 9.17) is 4.42 Å². The Labute approximate surface area is 182 Å². The summed E-state index contributed by atoms with van der Waals surface area (Å²) in [7, 11) is 0. The zero-order valence-corrected chi connectivity index (χ0v) is 18.4. The van der Waals surface area contributed by atoms with Gasteiger partial charge in [-0.25, -0.2) is 0 Å². The Morgan fingerprint density at radius 2 is 1.84 bits per heavy atom. The van der Waals surface area contributed by atoms with Crippen LogP contribution >= 0.6 is 0 Å². The average Bonchev–Trinajstić information content (AvgIpc) is 3.33. The highest BCUT2D eigenvalue weighted by Gasteiger charge is 2.49. The molecule has 0 unspecified atom stereocenters. The van der Waals surface area contributed by atoms with E-state index in [0.717, 1.165) is 42.5 Å². The predicted octanol–water partition coefficient (Wildman–Crippen LogP) is 4.66. The number of furan rings is 1. The smallest absolute Gasteiger partial charge is 0.276 e. The maximum Gasteiger partial charge on any atom is 0.276 e. The van der Waals surface area contributed by atoms with Crippen LogP contribution in [-0.2, 0) is 11.3 Å². The Balaban J connectivity index is 1.56. The highest BCUT2D eigenvalue weighted by molar-refractivity contribution is 6.13. The molecule has 162 valence electrons. The Hall–Kier alpha value is -3.02. The number of amides is 2. The van der Waals surface area contributed by atoms with Gasteiger partial charge in [0.25, 0.3) is 5.91 Å². The number of rotatable bonds is 3. The molecule has 0 bridgehead atoms. The molecule has 5 rings (SSSR count). The summed E-state index contributed by atoms with van der Waals surface area (Å²) in [6.07, 6.45) is 5.85. The van der Waals surface area contributed by atoms with E-state index in [1.54, 1.807) is 17.2 Å². The number of carbonyl (C=O) groups excluding carboxylic acids is 2. The van der Waals surface area contributed by atoms with E-state index in [0.29, 0.717) is 23.7 Å². The SMILES string of the molecule is Cc1ccc(N2C(=O)c3cc4occc4n3C[C@@]2(C)C(=O)NC2CCC(C)CC2)cc1. The first-order valence-electron chi connectivity index (χ1n) is 11.2. The van der Waals surface area contributed by atoms with Gasteiger partial charge in [-0.3, -0.25) is 14.5 Å². The highest BCUT2D eigenvalue weighted by atomic mass is 16.3. The van der Waals surface area contributed by atoms with E-state index < -0.39 is 5.54 Å². The summed E-state index contributed by atoms with van der Waals surface area (Å²) in [5.41, 5.74) is 2.85. The molecule has 0 saturated heterocycles. The molecule has 3 aromatic rings. The van der Waals surface area contributed by atoms with Crippen molar-refractivity contribution in [2.75, 3.05) is 4.90 Å². The van der Waals surface area contributed by atoms with Crippen LogP contribution in [0.4, 0.5) is 5.69 Å². The lowest BCUT2D eigenvalue weighted by Crippen LogP contribution is -2.65. The predicted molar refractivity (Wildman–Crippen MR) is 120 cm³/mol. The van der Waals surface area contributed by atoms with Crippen molar-refractivity contribution >= 4 is 28.6 Å². The Bertz CT molecular complexity index is 1130. The first kappa shape index (κ1) is 19.9. The lowest BCUT2D eigenvalue weighted by atomic mass is 9.86. The van der Waals surface area contributed by atoms with Crippen LogP contribution in [-0.4, -0.2) is 28.0 Å². The molecule has 6 heteroatoms. The molecule has 0 radical (unpaired) electrons. The van der Waals surface area contributed by atoms with Crippen molar-refractivity contribution in [1.29, 1.82) is 0 Å². The molecular formula is C25H29N3O3. The first-order chi connectivity index (χ1) is 14.9. The van der Waals surface area contributed by atoms with Gasteiger partial charge in [-0.2, -0.15) is 0 Å². The molecule has 1 aliphatic heterocycles. The van der Waals surface area contributed by atoms with Crippen LogP contribution in [0.25, 0.3) is 11.1 Å². The van der Waals surface area contributed by atoms with Gasteiger partial charge >= 0.3 is 0 Å². The third kappa shape index (κ3) is 3.25. The minimum absolute atomic E-state index is 0.100. The molecule has 0 spiro atoms. The monoisotopic (exact) mass is 419 g/mol. The Morgan fingerprint density at radius 1 is 1.13 bits per heavy atom. The van der Waals surface area contributed by atoms with Gasteiger partial charge in [-0.1, -0.05) is 24.6 Å². The van der Waals surface area contributed by atoms with Crippen molar-refractivity contribution < 1.29 is 14.0 Å². The molecule has 1 saturated carbocycles. The molecule has 1 atom stereocenters. The van der Waals surface area contributed by atoms with Crippen LogP contribution in [0.1, 0.15) is 55.6 Å². The second-order valence-electron chi connectivity index (χ2n) is 9.47. The van der Waals surface area contributed by atoms with E-state index in [-0.39, 0.29) is 17.9 Å². The molecule has 1 fully saturated rings. The highest BCUT2D eigenvalue weighted by Crippen LogP contribution is 2.36. The minimum atomic E-state index is -1.05. The fourth-order valence-corrected chi connectivity index (χ4v) is 5.06. The van der Waals surface area contributed by atoms with E-state index in [2.05, 4.69) is 12.2 Å². The molecule has 3 heterocycles. The lowest BCUT2D eigenvalue weighted by Gasteiger charge is -2.44. The summed E-state index contributed by atoms with van der Waals surface area (Å²) >= 11 is 0. The van der Waals surface area contributed by atoms with Gasteiger partial charge in [0, 0.05) is 23.9 Å².